The van der Waals surface area contributed by atoms with E-state index in [-0.39, 0.29) is 11.3 Å². The van der Waals surface area contributed by atoms with Gasteiger partial charge in [0, 0.05) is 24.4 Å². The van der Waals surface area contributed by atoms with Crippen LogP contribution in [-0.2, 0) is 0 Å². The van der Waals surface area contributed by atoms with Crippen LogP contribution in [0.5, 0.6) is 0 Å². The van der Waals surface area contributed by atoms with Crippen LogP contribution in [0.4, 0.5) is 0 Å². The van der Waals surface area contributed by atoms with Crippen LogP contribution >= 0.6 is 0 Å². The molecule has 1 heterocycles. The third kappa shape index (κ3) is 3.17. The molecule has 1 atom stereocenters. The summed E-state index contributed by atoms with van der Waals surface area (Å²) in [5.74, 6) is -0.0341. The number of likely N-dealkylation sites (tertiary alicyclic amines) is 1. The summed E-state index contributed by atoms with van der Waals surface area (Å²) in [5.41, 5.74) is -0.106. The molecule has 4 heteroatoms. The maximum absolute atomic E-state index is 10.2. The monoisotopic (exact) mass is 231 g/mol. The van der Waals surface area contributed by atoms with E-state index in [1.165, 1.54) is 0 Å². The Labute approximate surface area is 97.9 Å². The molecule has 4 nitrogen and oxygen atoms in total. The topological polar surface area (TPSA) is 63.9 Å². The van der Waals surface area contributed by atoms with E-state index in [1.54, 1.807) is 0 Å². The predicted octanol–water partition coefficient (Wildman–Crippen LogP) is 0.764. The van der Waals surface area contributed by atoms with E-state index < -0.39 is 12.5 Å². The number of hydrogen-bond donors (Lipinski definition) is 3. The third-order valence-corrected chi connectivity index (χ3v) is 3.95. The van der Waals surface area contributed by atoms with Crippen LogP contribution in [0.1, 0.15) is 40.0 Å². The van der Waals surface area contributed by atoms with Crippen LogP contribution in [0, 0.1) is 11.3 Å². The second-order valence-corrected chi connectivity index (χ2v) is 5.50. The molecular weight excluding hydrogens is 206 g/mol. The van der Waals surface area contributed by atoms with Crippen molar-refractivity contribution in [3.8, 4) is 0 Å². The molecule has 1 fully saturated rings. The van der Waals surface area contributed by atoms with Gasteiger partial charge in [-0.2, -0.15) is 0 Å². The average Bonchev–Trinajstić information content (AvgIpc) is 2.28. The Morgan fingerprint density at radius 2 is 1.69 bits per heavy atom. The molecule has 1 aliphatic heterocycles. The van der Waals surface area contributed by atoms with Crippen molar-refractivity contribution in [2.75, 3.05) is 13.1 Å². The summed E-state index contributed by atoms with van der Waals surface area (Å²) in [6.07, 6.45) is 0.771. The highest BCUT2D eigenvalue weighted by atomic mass is 16.5. The number of aliphatic hydroxyl groups is 3. The molecule has 1 aliphatic rings. The van der Waals surface area contributed by atoms with Crippen LogP contribution in [0.2, 0.25) is 0 Å². The summed E-state index contributed by atoms with van der Waals surface area (Å²) in [7, 11) is 0. The molecular formula is C12H25NO3. The molecule has 0 aromatic rings. The van der Waals surface area contributed by atoms with Crippen molar-refractivity contribution in [1.82, 2.24) is 4.90 Å². The van der Waals surface area contributed by atoms with E-state index in [0.717, 1.165) is 32.4 Å². The molecule has 0 bridgehead atoms. The number of aliphatic hydroxyl groups excluding tert-OH is 2. The summed E-state index contributed by atoms with van der Waals surface area (Å²) in [6, 6.07) is 0. The second kappa shape index (κ2) is 5.45. The number of piperidine rings is 1. The smallest absolute Gasteiger partial charge is 0.154 e. The van der Waals surface area contributed by atoms with Gasteiger partial charge in [0.2, 0.25) is 0 Å². The fourth-order valence-electron chi connectivity index (χ4n) is 2.14. The molecule has 0 aromatic carbocycles. The minimum absolute atomic E-state index is 0.0341. The minimum Gasteiger partial charge on any atom is -0.378 e. The van der Waals surface area contributed by atoms with Crippen molar-refractivity contribution in [2.24, 2.45) is 11.3 Å². The van der Waals surface area contributed by atoms with E-state index in [4.69, 9.17) is 10.2 Å². The molecule has 0 spiro atoms. The summed E-state index contributed by atoms with van der Waals surface area (Å²) >= 11 is 0. The standard InChI is InChI=1S/C12H25NO3/c1-4-12(2,3)11(16)13-7-5-9(6-8-13)10(14)15/h9-11,14-16H,4-8H2,1-3H3. The van der Waals surface area contributed by atoms with E-state index >= 15 is 0 Å². The lowest BCUT2D eigenvalue weighted by atomic mass is 9.85. The Balaban J connectivity index is 2.47. The van der Waals surface area contributed by atoms with Gasteiger partial charge in [-0.15, -0.1) is 0 Å². The zero-order valence-electron chi connectivity index (χ0n) is 10.6. The summed E-state index contributed by atoms with van der Waals surface area (Å²) < 4.78 is 0. The highest BCUT2D eigenvalue weighted by molar-refractivity contribution is 4.81. The van der Waals surface area contributed by atoms with Gasteiger partial charge in [-0.1, -0.05) is 20.8 Å². The first-order chi connectivity index (χ1) is 7.38. The van der Waals surface area contributed by atoms with Gasteiger partial charge < -0.3 is 15.3 Å². The van der Waals surface area contributed by atoms with E-state index in [2.05, 4.69) is 20.8 Å². The highest BCUT2D eigenvalue weighted by Gasteiger charge is 2.34. The van der Waals surface area contributed by atoms with Gasteiger partial charge >= 0.3 is 0 Å². The number of hydrogen-bond acceptors (Lipinski definition) is 4. The first-order valence-electron chi connectivity index (χ1n) is 6.16. The lowest BCUT2D eigenvalue weighted by molar-refractivity contribution is -0.129. The lowest BCUT2D eigenvalue weighted by Gasteiger charge is -2.42. The first kappa shape index (κ1) is 13.9. The second-order valence-electron chi connectivity index (χ2n) is 5.50. The highest BCUT2D eigenvalue weighted by Crippen LogP contribution is 2.30. The minimum atomic E-state index is -1.21. The summed E-state index contributed by atoms with van der Waals surface area (Å²) in [6.45, 7) is 7.68. The SMILES string of the molecule is CCC(C)(C)C(O)N1CCC(C(O)O)CC1. The van der Waals surface area contributed by atoms with Gasteiger partial charge in [-0.25, -0.2) is 0 Å². The Kier molecular flexibility index (Phi) is 4.73. The molecule has 16 heavy (non-hydrogen) atoms. The Hall–Kier alpha value is -0.160. The van der Waals surface area contributed by atoms with Crippen molar-refractivity contribution >= 4 is 0 Å². The Bertz CT molecular complexity index is 210. The molecule has 0 aromatic heterocycles. The van der Waals surface area contributed by atoms with Crippen molar-refractivity contribution in [3.05, 3.63) is 0 Å². The molecule has 3 N–H and O–H groups in total. The van der Waals surface area contributed by atoms with Crippen LogP contribution < -0.4 is 0 Å². The van der Waals surface area contributed by atoms with Gasteiger partial charge in [0.05, 0.1) is 0 Å². The molecule has 96 valence electrons. The molecule has 1 rings (SSSR count). The zero-order chi connectivity index (χ0) is 12.3. The van der Waals surface area contributed by atoms with Crippen LogP contribution in [0.25, 0.3) is 0 Å². The molecule has 0 aliphatic carbocycles. The van der Waals surface area contributed by atoms with Crippen molar-refractivity contribution < 1.29 is 15.3 Å². The largest absolute Gasteiger partial charge is 0.378 e. The molecule has 0 amide bonds. The van der Waals surface area contributed by atoms with Crippen molar-refractivity contribution in [1.29, 1.82) is 0 Å². The fourth-order valence-corrected chi connectivity index (χ4v) is 2.14. The van der Waals surface area contributed by atoms with Crippen LogP contribution in [0.3, 0.4) is 0 Å². The van der Waals surface area contributed by atoms with Crippen LogP contribution in [0.15, 0.2) is 0 Å². The van der Waals surface area contributed by atoms with Crippen LogP contribution in [-0.4, -0.2) is 45.8 Å². The maximum Gasteiger partial charge on any atom is 0.154 e. The first-order valence-corrected chi connectivity index (χ1v) is 6.16. The van der Waals surface area contributed by atoms with E-state index in [0.29, 0.717) is 0 Å². The van der Waals surface area contributed by atoms with Gasteiger partial charge in [0.1, 0.15) is 6.23 Å². The zero-order valence-corrected chi connectivity index (χ0v) is 10.6. The summed E-state index contributed by atoms with van der Waals surface area (Å²) in [4.78, 5) is 2.04. The van der Waals surface area contributed by atoms with Gasteiger partial charge in [-0.05, 0) is 19.3 Å². The molecule has 0 saturated carbocycles. The van der Waals surface area contributed by atoms with E-state index in [1.807, 2.05) is 4.90 Å². The Morgan fingerprint density at radius 1 is 1.19 bits per heavy atom. The predicted molar refractivity (Wildman–Crippen MR) is 62.6 cm³/mol. The maximum atomic E-state index is 10.2. The number of nitrogens with zero attached hydrogens (tertiary/aromatic N) is 1. The molecule has 0 radical (unpaired) electrons. The summed E-state index contributed by atoms with van der Waals surface area (Å²) in [5, 5.41) is 28.4. The van der Waals surface area contributed by atoms with Crippen molar-refractivity contribution in [3.63, 3.8) is 0 Å². The lowest BCUT2D eigenvalue weighted by Crippen LogP contribution is -2.49. The van der Waals surface area contributed by atoms with E-state index in [9.17, 15) is 5.11 Å². The van der Waals surface area contributed by atoms with Gasteiger partial charge in [0.15, 0.2) is 6.29 Å². The normalized spacial score (nSPS) is 22.7. The molecule has 1 saturated heterocycles. The third-order valence-electron chi connectivity index (χ3n) is 3.95. The number of rotatable bonds is 4. The molecule has 1 unspecified atom stereocenters. The fraction of sp³-hybridized carbons (Fsp3) is 1.00. The average molecular weight is 231 g/mol. The van der Waals surface area contributed by atoms with Crippen molar-refractivity contribution in [2.45, 2.75) is 52.6 Å². The quantitative estimate of drug-likeness (QED) is 0.625. The Morgan fingerprint density at radius 3 is 2.06 bits per heavy atom. The van der Waals surface area contributed by atoms with Gasteiger partial charge in [0.25, 0.3) is 0 Å². The van der Waals surface area contributed by atoms with Gasteiger partial charge in [-0.3, -0.25) is 4.90 Å².